The van der Waals surface area contributed by atoms with Crippen LogP contribution in [0, 0.1) is 0 Å². The SMILES string of the molecule is C=CCOc1ccc(CN(C)C(=O)c2ccc(-n3cnc4ccccc43)cc2)cc1. The van der Waals surface area contributed by atoms with Crippen molar-refractivity contribution in [3.8, 4) is 11.4 Å². The van der Waals surface area contributed by atoms with Crippen LogP contribution in [0.1, 0.15) is 15.9 Å². The van der Waals surface area contributed by atoms with E-state index in [4.69, 9.17) is 4.74 Å². The zero-order valence-corrected chi connectivity index (χ0v) is 16.9. The van der Waals surface area contributed by atoms with Gasteiger partial charge >= 0.3 is 0 Å². The van der Waals surface area contributed by atoms with Crippen LogP contribution >= 0.6 is 0 Å². The van der Waals surface area contributed by atoms with E-state index < -0.39 is 0 Å². The second-order valence-corrected chi connectivity index (χ2v) is 7.06. The largest absolute Gasteiger partial charge is 0.490 e. The van der Waals surface area contributed by atoms with Crippen LogP contribution in [0.25, 0.3) is 16.7 Å². The standard InChI is InChI=1S/C25H23N3O2/c1-3-16-30-22-14-8-19(9-15-22)17-27(2)25(29)20-10-12-21(13-11-20)28-18-26-23-6-4-5-7-24(23)28/h3-15,18H,1,16-17H2,2H3. The first-order valence-electron chi connectivity index (χ1n) is 9.76. The van der Waals surface area contributed by atoms with E-state index in [1.165, 1.54) is 0 Å². The molecule has 0 radical (unpaired) electrons. The maximum Gasteiger partial charge on any atom is 0.253 e. The van der Waals surface area contributed by atoms with E-state index >= 15 is 0 Å². The predicted octanol–water partition coefficient (Wildman–Crippen LogP) is 4.86. The normalized spacial score (nSPS) is 10.7. The molecule has 0 aliphatic heterocycles. The van der Waals surface area contributed by atoms with Gasteiger partial charge in [0.05, 0.1) is 11.0 Å². The third kappa shape index (κ3) is 4.10. The Morgan fingerprint density at radius 2 is 1.80 bits per heavy atom. The molecule has 3 aromatic carbocycles. The van der Waals surface area contributed by atoms with Gasteiger partial charge in [-0.25, -0.2) is 4.98 Å². The summed E-state index contributed by atoms with van der Waals surface area (Å²) in [6.45, 7) is 4.64. The number of rotatable bonds is 7. The quantitative estimate of drug-likeness (QED) is 0.418. The van der Waals surface area contributed by atoms with Crippen molar-refractivity contribution in [2.75, 3.05) is 13.7 Å². The zero-order valence-electron chi connectivity index (χ0n) is 16.9. The Balaban J connectivity index is 1.44. The molecule has 0 aliphatic carbocycles. The van der Waals surface area contributed by atoms with Gasteiger partial charge in [-0.2, -0.15) is 0 Å². The van der Waals surface area contributed by atoms with Gasteiger partial charge in [0, 0.05) is 24.8 Å². The molecule has 150 valence electrons. The molecule has 1 amide bonds. The third-order valence-electron chi connectivity index (χ3n) is 4.90. The van der Waals surface area contributed by atoms with Crippen molar-refractivity contribution in [3.63, 3.8) is 0 Å². The zero-order chi connectivity index (χ0) is 20.9. The Kier molecular flexibility index (Phi) is 5.61. The molecule has 0 spiro atoms. The highest BCUT2D eigenvalue weighted by Gasteiger charge is 2.13. The van der Waals surface area contributed by atoms with Crippen molar-refractivity contribution in [1.29, 1.82) is 0 Å². The van der Waals surface area contributed by atoms with Gasteiger partial charge in [-0.1, -0.05) is 36.9 Å². The first kappa shape index (κ1) is 19.5. The Labute approximate surface area is 175 Å². The summed E-state index contributed by atoms with van der Waals surface area (Å²) < 4.78 is 7.51. The van der Waals surface area contributed by atoms with Crippen molar-refractivity contribution < 1.29 is 9.53 Å². The lowest BCUT2D eigenvalue weighted by molar-refractivity contribution is 0.0785. The third-order valence-corrected chi connectivity index (χ3v) is 4.90. The summed E-state index contributed by atoms with van der Waals surface area (Å²) in [6, 6.07) is 23.3. The fourth-order valence-electron chi connectivity index (χ4n) is 3.34. The van der Waals surface area contributed by atoms with Crippen LogP contribution in [-0.4, -0.2) is 34.0 Å². The van der Waals surface area contributed by atoms with E-state index in [2.05, 4.69) is 11.6 Å². The molecule has 0 N–H and O–H groups in total. The summed E-state index contributed by atoms with van der Waals surface area (Å²) in [4.78, 5) is 19.0. The van der Waals surface area contributed by atoms with Gasteiger partial charge in [-0.05, 0) is 54.1 Å². The number of carbonyl (C=O) groups is 1. The lowest BCUT2D eigenvalue weighted by Crippen LogP contribution is -2.26. The molecular formula is C25H23N3O2. The lowest BCUT2D eigenvalue weighted by atomic mass is 10.1. The van der Waals surface area contributed by atoms with E-state index in [1.54, 1.807) is 17.3 Å². The van der Waals surface area contributed by atoms with Crippen molar-refractivity contribution in [1.82, 2.24) is 14.5 Å². The summed E-state index contributed by atoms with van der Waals surface area (Å²) in [7, 11) is 1.81. The van der Waals surface area contributed by atoms with E-state index in [-0.39, 0.29) is 5.91 Å². The molecule has 30 heavy (non-hydrogen) atoms. The summed E-state index contributed by atoms with van der Waals surface area (Å²) in [5.74, 6) is 0.763. The monoisotopic (exact) mass is 397 g/mol. The second-order valence-electron chi connectivity index (χ2n) is 7.06. The number of amides is 1. The van der Waals surface area contributed by atoms with E-state index in [1.807, 2.05) is 84.4 Å². The molecule has 0 atom stereocenters. The van der Waals surface area contributed by atoms with Crippen molar-refractivity contribution >= 4 is 16.9 Å². The van der Waals surface area contributed by atoms with Gasteiger partial charge in [0.1, 0.15) is 18.7 Å². The molecule has 0 aliphatic rings. The van der Waals surface area contributed by atoms with Crippen LogP contribution < -0.4 is 4.74 Å². The van der Waals surface area contributed by atoms with Gasteiger partial charge in [0.15, 0.2) is 0 Å². The molecule has 5 nitrogen and oxygen atoms in total. The first-order valence-corrected chi connectivity index (χ1v) is 9.76. The summed E-state index contributed by atoms with van der Waals surface area (Å²) in [6.07, 6.45) is 3.51. The molecule has 0 unspecified atom stereocenters. The first-order chi connectivity index (χ1) is 14.7. The minimum atomic E-state index is -0.0241. The van der Waals surface area contributed by atoms with Crippen LogP contribution in [0.5, 0.6) is 5.75 Å². The summed E-state index contributed by atoms with van der Waals surface area (Å²) >= 11 is 0. The fourth-order valence-corrected chi connectivity index (χ4v) is 3.34. The number of nitrogens with zero attached hydrogens (tertiary/aromatic N) is 3. The number of hydrogen-bond acceptors (Lipinski definition) is 3. The van der Waals surface area contributed by atoms with Crippen LogP contribution in [0.4, 0.5) is 0 Å². The number of hydrogen-bond donors (Lipinski definition) is 0. The van der Waals surface area contributed by atoms with Gasteiger partial charge in [-0.15, -0.1) is 0 Å². The Hall–Kier alpha value is -3.86. The fraction of sp³-hybridized carbons (Fsp3) is 0.120. The molecule has 0 bridgehead atoms. The number of ether oxygens (including phenoxy) is 1. The minimum Gasteiger partial charge on any atom is -0.490 e. The topological polar surface area (TPSA) is 47.4 Å². The highest BCUT2D eigenvalue weighted by molar-refractivity contribution is 5.94. The number of benzene rings is 3. The lowest BCUT2D eigenvalue weighted by Gasteiger charge is -2.18. The highest BCUT2D eigenvalue weighted by atomic mass is 16.5. The molecular weight excluding hydrogens is 374 g/mol. The van der Waals surface area contributed by atoms with E-state index in [0.717, 1.165) is 28.0 Å². The number of aromatic nitrogens is 2. The Morgan fingerprint density at radius 3 is 2.53 bits per heavy atom. The van der Waals surface area contributed by atoms with Crippen LogP contribution in [0.15, 0.2) is 91.8 Å². The molecule has 0 fully saturated rings. The highest BCUT2D eigenvalue weighted by Crippen LogP contribution is 2.19. The maximum atomic E-state index is 12.8. The maximum absolute atomic E-state index is 12.8. The summed E-state index contributed by atoms with van der Waals surface area (Å²) in [5.41, 5.74) is 4.64. The predicted molar refractivity (Wildman–Crippen MR) is 119 cm³/mol. The second kappa shape index (κ2) is 8.66. The van der Waals surface area contributed by atoms with Crippen molar-refractivity contribution in [3.05, 3.63) is 103 Å². The number of carbonyl (C=O) groups excluding carboxylic acids is 1. The molecule has 1 aromatic heterocycles. The van der Waals surface area contributed by atoms with Gasteiger partial charge < -0.3 is 9.64 Å². The molecule has 4 aromatic rings. The minimum absolute atomic E-state index is 0.0241. The van der Waals surface area contributed by atoms with Crippen LogP contribution in [-0.2, 0) is 6.54 Å². The van der Waals surface area contributed by atoms with Crippen LogP contribution in [0.2, 0.25) is 0 Å². The summed E-state index contributed by atoms with van der Waals surface area (Å²) in [5, 5.41) is 0. The average Bonchev–Trinajstić information content (AvgIpc) is 3.22. The molecule has 1 heterocycles. The van der Waals surface area contributed by atoms with Crippen LogP contribution in [0.3, 0.4) is 0 Å². The molecule has 0 saturated carbocycles. The Morgan fingerprint density at radius 1 is 1.07 bits per heavy atom. The average molecular weight is 397 g/mol. The number of imidazole rings is 1. The smallest absolute Gasteiger partial charge is 0.253 e. The number of para-hydroxylation sites is 2. The van der Waals surface area contributed by atoms with Gasteiger partial charge in [-0.3, -0.25) is 9.36 Å². The van der Waals surface area contributed by atoms with Gasteiger partial charge in [0.25, 0.3) is 5.91 Å². The molecule has 0 saturated heterocycles. The van der Waals surface area contributed by atoms with Gasteiger partial charge in [0.2, 0.25) is 0 Å². The van der Waals surface area contributed by atoms with Crippen molar-refractivity contribution in [2.45, 2.75) is 6.54 Å². The molecule has 4 rings (SSSR count). The van der Waals surface area contributed by atoms with E-state index in [0.29, 0.717) is 18.7 Å². The number of fused-ring (bicyclic) bond motifs is 1. The Bertz CT molecular complexity index is 1160. The molecule has 5 heteroatoms. The van der Waals surface area contributed by atoms with E-state index in [9.17, 15) is 4.79 Å². The van der Waals surface area contributed by atoms with Crippen molar-refractivity contribution in [2.24, 2.45) is 0 Å².